The Bertz CT molecular complexity index is 1080. The summed E-state index contributed by atoms with van der Waals surface area (Å²) in [5.74, 6) is -1.34. The van der Waals surface area contributed by atoms with Gasteiger partial charge in [0.1, 0.15) is 5.75 Å². The fraction of sp³-hybridized carbons (Fsp3) is 0.118. The third kappa shape index (κ3) is 3.80. The Labute approximate surface area is 158 Å². The zero-order valence-corrected chi connectivity index (χ0v) is 15.2. The van der Waals surface area contributed by atoms with E-state index in [1.54, 1.807) is 18.2 Å². The summed E-state index contributed by atoms with van der Waals surface area (Å²) in [7, 11) is 1.11. The van der Waals surface area contributed by atoms with E-state index in [2.05, 4.69) is 30.5 Å². The molecule has 0 saturated heterocycles. The van der Waals surface area contributed by atoms with Crippen LogP contribution < -0.4 is 10.2 Å². The molecule has 0 spiro atoms. The number of carbonyl (C=O) groups is 1. The molecule has 0 aliphatic heterocycles. The van der Waals surface area contributed by atoms with Gasteiger partial charge in [-0.3, -0.25) is 4.79 Å². The zero-order chi connectivity index (χ0) is 19.8. The first kappa shape index (κ1) is 18.9. The van der Waals surface area contributed by atoms with Gasteiger partial charge in [-0.2, -0.15) is 5.10 Å². The second-order valence-corrected chi connectivity index (χ2v) is 6.11. The molecule has 0 aliphatic rings. The number of halogens is 4. The highest BCUT2D eigenvalue weighted by Crippen LogP contribution is 2.26. The number of alkyl halides is 3. The number of carbonyl (C=O) groups excluding carboxylic acids is 1. The molecule has 0 atom stereocenters. The molecule has 2 aromatic carbocycles. The Hall–Kier alpha value is -2.88. The van der Waals surface area contributed by atoms with Gasteiger partial charge in [0.15, 0.2) is 0 Å². The van der Waals surface area contributed by atoms with Gasteiger partial charge in [0.05, 0.1) is 23.7 Å². The van der Waals surface area contributed by atoms with Crippen molar-refractivity contribution in [3.05, 3.63) is 62.9 Å². The molecule has 10 heteroatoms. The number of benzene rings is 2. The summed E-state index contributed by atoms with van der Waals surface area (Å²) in [5.41, 5.74) is -0.408. The number of aromatic nitrogens is 2. The molecule has 3 rings (SSSR count). The number of hydrogen-bond acceptors (Lipinski definition) is 5. The van der Waals surface area contributed by atoms with Crippen molar-refractivity contribution in [2.24, 2.45) is 0 Å². The van der Waals surface area contributed by atoms with Gasteiger partial charge in [-0.15, -0.1) is 13.2 Å². The molecule has 0 N–H and O–H groups in total. The monoisotopic (exact) mass is 442 g/mol. The van der Waals surface area contributed by atoms with Crippen LogP contribution in [0.2, 0.25) is 0 Å². The van der Waals surface area contributed by atoms with E-state index < -0.39 is 29.2 Å². The Morgan fingerprint density at radius 1 is 1.15 bits per heavy atom. The lowest BCUT2D eigenvalue weighted by molar-refractivity contribution is -0.274. The molecular formula is C17H10BrF3N2O4. The summed E-state index contributed by atoms with van der Waals surface area (Å²) < 4.78 is 47.1. The number of ether oxygens (including phenoxy) is 2. The van der Waals surface area contributed by atoms with Crippen molar-refractivity contribution in [1.29, 1.82) is 0 Å². The lowest BCUT2D eigenvalue weighted by Gasteiger charge is -2.13. The normalized spacial score (nSPS) is 11.4. The highest BCUT2D eigenvalue weighted by atomic mass is 79.9. The highest BCUT2D eigenvalue weighted by molar-refractivity contribution is 9.10. The smallest absolute Gasteiger partial charge is 0.464 e. The van der Waals surface area contributed by atoms with Crippen molar-refractivity contribution < 1.29 is 27.4 Å². The summed E-state index contributed by atoms with van der Waals surface area (Å²) in [4.78, 5) is 24.5. The van der Waals surface area contributed by atoms with E-state index >= 15 is 0 Å². The molecule has 6 nitrogen and oxygen atoms in total. The van der Waals surface area contributed by atoms with Crippen molar-refractivity contribution in [3.8, 4) is 11.4 Å². The minimum atomic E-state index is -4.81. The molecule has 0 amide bonds. The second kappa shape index (κ2) is 7.03. The lowest BCUT2D eigenvalue weighted by atomic mass is 10.2. The van der Waals surface area contributed by atoms with Crippen molar-refractivity contribution in [3.63, 3.8) is 0 Å². The molecule has 0 bridgehead atoms. The SMILES string of the molecule is COC(=O)c1nn(-c2ccc(OC(F)(F)F)cc2)c2cccc(Br)c2c1=O. The maximum Gasteiger partial charge on any atom is 0.573 e. The minimum absolute atomic E-state index is 0.184. The zero-order valence-electron chi connectivity index (χ0n) is 13.6. The summed E-state index contributed by atoms with van der Waals surface area (Å²) in [6.07, 6.45) is -4.81. The van der Waals surface area contributed by atoms with Crippen molar-refractivity contribution in [2.75, 3.05) is 7.11 Å². The first-order valence-corrected chi connectivity index (χ1v) is 8.16. The van der Waals surface area contributed by atoms with E-state index in [-0.39, 0.29) is 5.39 Å². The van der Waals surface area contributed by atoms with Gasteiger partial charge in [-0.1, -0.05) is 6.07 Å². The Kier molecular flexibility index (Phi) is 4.92. The van der Waals surface area contributed by atoms with Gasteiger partial charge in [0.2, 0.25) is 11.1 Å². The molecule has 27 heavy (non-hydrogen) atoms. The topological polar surface area (TPSA) is 70.4 Å². The van der Waals surface area contributed by atoms with Crippen LogP contribution in [0.1, 0.15) is 10.5 Å². The molecule has 0 aliphatic carbocycles. The molecule has 0 radical (unpaired) electrons. The fourth-order valence-electron chi connectivity index (χ4n) is 2.45. The standard InChI is InChI=1S/C17H10BrF3N2O4/c1-26-16(25)14-15(24)13-11(18)3-2-4-12(13)23(22-14)9-5-7-10(8-6-9)27-17(19,20)21/h2-8H,1H3. The van der Waals surface area contributed by atoms with Crippen molar-refractivity contribution in [2.45, 2.75) is 6.36 Å². The van der Waals surface area contributed by atoms with Crippen molar-refractivity contribution in [1.82, 2.24) is 9.78 Å². The van der Waals surface area contributed by atoms with Crippen LogP contribution in [0.5, 0.6) is 5.75 Å². The van der Waals surface area contributed by atoms with Gasteiger partial charge in [-0.25, -0.2) is 9.48 Å². The predicted octanol–water partition coefficient (Wildman–Crippen LogP) is 3.83. The molecule has 1 aromatic heterocycles. The summed E-state index contributed by atoms with van der Waals surface area (Å²) in [6, 6.07) is 9.71. The van der Waals surface area contributed by atoms with Crippen LogP contribution in [0.3, 0.4) is 0 Å². The number of rotatable bonds is 3. The quantitative estimate of drug-likeness (QED) is 0.576. The molecular weight excluding hydrogens is 433 g/mol. The molecule has 0 fully saturated rings. The van der Waals surface area contributed by atoms with Gasteiger partial charge >= 0.3 is 12.3 Å². The van der Waals surface area contributed by atoms with Crippen LogP contribution in [0, 0.1) is 0 Å². The minimum Gasteiger partial charge on any atom is -0.464 e. The number of esters is 1. The lowest BCUT2D eigenvalue weighted by Crippen LogP contribution is -2.23. The summed E-state index contributed by atoms with van der Waals surface area (Å²) >= 11 is 3.27. The Morgan fingerprint density at radius 2 is 1.81 bits per heavy atom. The van der Waals surface area contributed by atoms with Crippen LogP contribution in [0.15, 0.2) is 51.7 Å². The fourth-order valence-corrected chi connectivity index (χ4v) is 2.98. The molecule has 0 saturated carbocycles. The van der Waals surface area contributed by atoms with Crippen LogP contribution in [0.25, 0.3) is 16.6 Å². The second-order valence-electron chi connectivity index (χ2n) is 5.26. The number of nitrogens with zero attached hydrogens (tertiary/aromatic N) is 2. The van der Waals surface area contributed by atoms with Crippen LogP contribution >= 0.6 is 15.9 Å². The van der Waals surface area contributed by atoms with Crippen LogP contribution in [-0.4, -0.2) is 29.2 Å². The summed E-state index contributed by atoms with van der Waals surface area (Å²) in [5, 5.41) is 4.22. The molecule has 140 valence electrons. The highest BCUT2D eigenvalue weighted by Gasteiger charge is 2.31. The van der Waals surface area contributed by atoms with Gasteiger partial charge in [-0.05, 0) is 52.3 Å². The third-order valence-electron chi connectivity index (χ3n) is 3.56. The van der Waals surface area contributed by atoms with E-state index in [1.165, 1.54) is 16.8 Å². The van der Waals surface area contributed by atoms with Crippen molar-refractivity contribution >= 4 is 32.8 Å². The van der Waals surface area contributed by atoms with Crippen LogP contribution in [-0.2, 0) is 4.74 Å². The first-order chi connectivity index (χ1) is 12.7. The average molecular weight is 443 g/mol. The predicted molar refractivity (Wildman–Crippen MR) is 93.1 cm³/mol. The molecule has 3 aromatic rings. The first-order valence-electron chi connectivity index (χ1n) is 7.37. The summed E-state index contributed by atoms with van der Waals surface area (Å²) in [6.45, 7) is 0. The maximum absolute atomic E-state index is 12.6. The van der Waals surface area contributed by atoms with E-state index in [1.807, 2.05) is 0 Å². The molecule has 0 unspecified atom stereocenters. The largest absolute Gasteiger partial charge is 0.573 e. The van der Waals surface area contributed by atoms with Gasteiger partial charge < -0.3 is 9.47 Å². The van der Waals surface area contributed by atoms with E-state index in [4.69, 9.17) is 0 Å². The number of hydrogen-bond donors (Lipinski definition) is 0. The van der Waals surface area contributed by atoms with Gasteiger partial charge in [0.25, 0.3) is 0 Å². The van der Waals surface area contributed by atoms with E-state index in [0.29, 0.717) is 15.7 Å². The van der Waals surface area contributed by atoms with Gasteiger partial charge in [0, 0.05) is 4.47 Å². The maximum atomic E-state index is 12.6. The number of methoxy groups -OCH3 is 1. The number of fused-ring (bicyclic) bond motifs is 1. The average Bonchev–Trinajstić information content (AvgIpc) is 2.61. The molecule has 1 heterocycles. The van der Waals surface area contributed by atoms with E-state index in [0.717, 1.165) is 19.2 Å². The van der Waals surface area contributed by atoms with Crippen LogP contribution in [0.4, 0.5) is 13.2 Å². The Morgan fingerprint density at radius 3 is 2.41 bits per heavy atom. The Balaban J connectivity index is 2.22. The van der Waals surface area contributed by atoms with E-state index in [9.17, 15) is 22.8 Å². The third-order valence-corrected chi connectivity index (χ3v) is 4.22.